The van der Waals surface area contributed by atoms with Crippen molar-refractivity contribution in [2.45, 2.75) is 29.0 Å². The maximum atomic E-state index is 12.2. The van der Waals surface area contributed by atoms with Crippen molar-refractivity contribution in [3.63, 3.8) is 0 Å². The number of aromatic carboxylic acids is 1. The van der Waals surface area contributed by atoms with Gasteiger partial charge in [-0.05, 0) is 39.4 Å². The standard InChI is InChI=1S/C12H18N2O4S2/c1-14(2)12(4-3-5-12)8-13-20(17,18)10-6-9(7-19-10)11(15)16/h6-7,13H,3-5,8H2,1-2H3,(H,15,16). The molecular formula is C12H18N2O4S2. The number of carboxylic acids is 1. The first-order chi connectivity index (χ1) is 9.27. The Kier molecular flexibility index (Phi) is 4.19. The fourth-order valence-corrected chi connectivity index (χ4v) is 4.55. The van der Waals surface area contributed by atoms with Crippen LogP contribution in [-0.2, 0) is 10.0 Å². The predicted octanol–water partition coefficient (Wildman–Crippen LogP) is 1.21. The van der Waals surface area contributed by atoms with Crippen molar-refractivity contribution in [3.05, 3.63) is 17.0 Å². The van der Waals surface area contributed by atoms with Crippen LogP contribution in [0.3, 0.4) is 0 Å². The molecule has 20 heavy (non-hydrogen) atoms. The molecule has 1 aromatic rings. The van der Waals surface area contributed by atoms with Gasteiger partial charge >= 0.3 is 5.97 Å². The van der Waals surface area contributed by atoms with E-state index in [1.165, 1.54) is 11.4 Å². The maximum Gasteiger partial charge on any atom is 0.336 e. The van der Waals surface area contributed by atoms with Gasteiger partial charge in [0.2, 0.25) is 10.0 Å². The summed E-state index contributed by atoms with van der Waals surface area (Å²) in [5.74, 6) is -1.12. The fourth-order valence-electron chi connectivity index (χ4n) is 2.24. The van der Waals surface area contributed by atoms with Gasteiger partial charge in [0.15, 0.2) is 0 Å². The zero-order valence-electron chi connectivity index (χ0n) is 11.4. The maximum absolute atomic E-state index is 12.2. The minimum atomic E-state index is -3.64. The summed E-state index contributed by atoms with van der Waals surface area (Å²) in [6, 6.07) is 1.19. The summed E-state index contributed by atoms with van der Waals surface area (Å²) in [6.45, 7) is 0.350. The Morgan fingerprint density at radius 3 is 2.55 bits per heavy atom. The smallest absolute Gasteiger partial charge is 0.336 e. The summed E-state index contributed by atoms with van der Waals surface area (Å²) in [5, 5.41) is 10.2. The molecule has 0 aliphatic heterocycles. The largest absolute Gasteiger partial charge is 0.478 e. The summed E-state index contributed by atoms with van der Waals surface area (Å²) in [7, 11) is 0.254. The molecule has 8 heteroatoms. The van der Waals surface area contributed by atoms with E-state index in [1.54, 1.807) is 0 Å². The third-order valence-corrected chi connectivity index (χ3v) is 6.75. The topological polar surface area (TPSA) is 86.7 Å². The first kappa shape index (κ1) is 15.4. The lowest BCUT2D eigenvalue weighted by molar-refractivity contribution is 0.0657. The Morgan fingerprint density at radius 1 is 1.50 bits per heavy atom. The van der Waals surface area contributed by atoms with Gasteiger partial charge in [0.25, 0.3) is 0 Å². The molecule has 2 rings (SSSR count). The second-order valence-corrected chi connectivity index (χ2v) is 8.16. The highest BCUT2D eigenvalue weighted by Crippen LogP contribution is 2.35. The van der Waals surface area contributed by atoms with Crippen LogP contribution < -0.4 is 4.72 Å². The second-order valence-electron chi connectivity index (χ2n) is 5.26. The highest BCUT2D eigenvalue weighted by atomic mass is 32.2. The number of hydrogen-bond acceptors (Lipinski definition) is 5. The van der Waals surface area contributed by atoms with E-state index in [2.05, 4.69) is 9.62 Å². The molecule has 0 radical (unpaired) electrons. The summed E-state index contributed by atoms with van der Waals surface area (Å²) in [5.41, 5.74) is -0.110. The van der Waals surface area contributed by atoms with E-state index in [-0.39, 0.29) is 15.3 Å². The lowest BCUT2D eigenvalue weighted by Gasteiger charge is -2.47. The second kappa shape index (κ2) is 5.44. The number of sulfonamides is 1. The summed E-state index contributed by atoms with van der Waals surface area (Å²) < 4.78 is 27.0. The number of carboxylic acid groups (broad SMARTS) is 1. The summed E-state index contributed by atoms with van der Waals surface area (Å²) >= 11 is 0.925. The van der Waals surface area contributed by atoms with Gasteiger partial charge in [-0.15, -0.1) is 11.3 Å². The molecule has 1 aliphatic carbocycles. The monoisotopic (exact) mass is 318 g/mol. The SMILES string of the molecule is CN(C)C1(CNS(=O)(=O)c2cc(C(=O)O)cs2)CCC1. The molecule has 0 spiro atoms. The molecular weight excluding hydrogens is 300 g/mol. The van der Waals surface area contributed by atoms with Crippen molar-refractivity contribution in [3.8, 4) is 0 Å². The zero-order valence-corrected chi connectivity index (χ0v) is 13.1. The van der Waals surface area contributed by atoms with E-state index < -0.39 is 16.0 Å². The molecule has 1 heterocycles. The van der Waals surface area contributed by atoms with Crippen molar-refractivity contribution in [2.24, 2.45) is 0 Å². The predicted molar refractivity (Wildman–Crippen MR) is 76.7 cm³/mol. The molecule has 0 unspecified atom stereocenters. The molecule has 0 amide bonds. The van der Waals surface area contributed by atoms with Crippen LogP contribution in [-0.4, -0.2) is 50.6 Å². The summed E-state index contributed by atoms with van der Waals surface area (Å²) in [6.07, 6.45) is 3.03. The molecule has 6 nitrogen and oxygen atoms in total. The van der Waals surface area contributed by atoms with Crippen LogP contribution in [0.25, 0.3) is 0 Å². The minimum absolute atomic E-state index is 0.00124. The van der Waals surface area contributed by atoms with Crippen molar-refractivity contribution >= 4 is 27.3 Å². The molecule has 0 bridgehead atoms. The third-order valence-electron chi connectivity index (χ3n) is 3.91. The number of thiophene rings is 1. The first-order valence-electron chi connectivity index (χ1n) is 6.26. The van der Waals surface area contributed by atoms with E-state index in [1.807, 2.05) is 14.1 Å². The van der Waals surface area contributed by atoms with Crippen LogP contribution in [0, 0.1) is 0 Å². The normalized spacial score (nSPS) is 17.9. The van der Waals surface area contributed by atoms with E-state index >= 15 is 0 Å². The van der Waals surface area contributed by atoms with Gasteiger partial charge in [-0.1, -0.05) is 0 Å². The minimum Gasteiger partial charge on any atom is -0.478 e. The number of rotatable bonds is 6. The quantitative estimate of drug-likeness (QED) is 0.823. The molecule has 0 aromatic carbocycles. The van der Waals surface area contributed by atoms with Crippen molar-refractivity contribution in [2.75, 3.05) is 20.6 Å². The lowest BCUT2D eigenvalue weighted by atomic mass is 9.76. The number of nitrogens with one attached hydrogen (secondary N) is 1. The molecule has 112 valence electrons. The Labute approximate surface area is 122 Å². The van der Waals surface area contributed by atoms with Gasteiger partial charge < -0.3 is 10.0 Å². The number of carbonyl (C=O) groups is 1. The van der Waals surface area contributed by atoms with Gasteiger partial charge in [0.05, 0.1) is 5.56 Å². The molecule has 2 N–H and O–H groups in total. The van der Waals surface area contributed by atoms with Gasteiger partial charge in [0.1, 0.15) is 4.21 Å². The summed E-state index contributed by atoms with van der Waals surface area (Å²) in [4.78, 5) is 12.8. The number of likely N-dealkylation sites (N-methyl/N-ethyl adjacent to an activating group) is 1. The third kappa shape index (κ3) is 2.88. The Hall–Kier alpha value is -0.960. The Bertz CT molecular complexity index is 603. The molecule has 1 aliphatic rings. The Morgan fingerprint density at radius 2 is 2.15 bits per heavy atom. The number of nitrogens with zero attached hydrogens (tertiary/aromatic N) is 1. The van der Waals surface area contributed by atoms with Crippen molar-refractivity contribution < 1.29 is 18.3 Å². The van der Waals surface area contributed by atoms with E-state index in [0.29, 0.717) is 6.54 Å². The van der Waals surface area contributed by atoms with Gasteiger partial charge in [0, 0.05) is 17.5 Å². The van der Waals surface area contributed by atoms with E-state index in [4.69, 9.17) is 5.11 Å². The molecule has 0 atom stereocenters. The van der Waals surface area contributed by atoms with Crippen LogP contribution in [0.15, 0.2) is 15.7 Å². The lowest BCUT2D eigenvalue weighted by Crippen LogP contribution is -2.57. The van der Waals surface area contributed by atoms with Gasteiger partial charge in [-0.3, -0.25) is 0 Å². The van der Waals surface area contributed by atoms with Crippen LogP contribution in [0.4, 0.5) is 0 Å². The zero-order chi connectivity index (χ0) is 15.0. The molecule has 1 fully saturated rings. The highest BCUT2D eigenvalue weighted by Gasteiger charge is 2.40. The average Bonchev–Trinajstić information content (AvgIpc) is 2.76. The number of hydrogen-bond donors (Lipinski definition) is 2. The molecule has 1 aromatic heterocycles. The Balaban J connectivity index is 2.09. The highest BCUT2D eigenvalue weighted by molar-refractivity contribution is 7.91. The van der Waals surface area contributed by atoms with Crippen LogP contribution in [0.1, 0.15) is 29.6 Å². The van der Waals surface area contributed by atoms with Crippen molar-refractivity contribution in [1.29, 1.82) is 0 Å². The fraction of sp³-hybridized carbons (Fsp3) is 0.583. The first-order valence-corrected chi connectivity index (χ1v) is 8.62. The van der Waals surface area contributed by atoms with Gasteiger partial charge in [-0.2, -0.15) is 0 Å². The van der Waals surface area contributed by atoms with Crippen LogP contribution in [0.2, 0.25) is 0 Å². The molecule has 0 saturated heterocycles. The van der Waals surface area contributed by atoms with Gasteiger partial charge in [-0.25, -0.2) is 17.9 Å². The average molecular weight is 318 g/mol. The van der Waals surface area contributed by atoms with Crippen LogP contribution in [0.5, 0.6) is 0 Å². The molecule has 1 saturated carbocycles. The van der Waals surface area contributed by atoms with E-state index in [0.717, 1.165) is 30.6 Å². The van der Waals surface area contributed by atoms with Crippen LogP contribution >= 0.6 is 11.3 Å². The van der Waals surface area contributed by atoms with Crippen molar-refractivity contribution in [1.82, 2.24) is 9.62 Å². The van der Waals surface area contributed by atoms with E-state index in [9.17, 15) is 13.2 Å².